The lowest BCUT2D eigenvalue weighted by molar-refractivity contribution is -0.0435. The van der Waals surface area contributed by atoms with Crippen LogP contribution in [0.1, 0.15) is 40.2 Å². The van der Waals surface area contributed by atoms with E-state index in [9.17, 15) is 0 Å². The van der Waals surface area contributed by atoms with Gasteiger partial charge in [0.25, 0.3) is 0 Å². The molecule has 1 aromatic heterocycles. The van der Waals surface area contributed by atoms with Gasteiger partial charge in [0.15, 0.2) is 0 Å². The van der Waals surface area contributed by atoms with E-state index in [1.165, 1.54) is 22.3 Å². The predicted molar refractivity (Wildman–Crippen MR) is 180 cm³/mol. The molecule has 0 spiro atoms. The minimum absolute atomic E-state index is 0.296. The van der Waals surface area contributed by atoms with Crippen molar-refractivity contribution < 1.29 is 13.7 Å². The van der Waals surface area contributed by atoms with Gasteiger partial charge in [0, 0.05) is 10.8 Å². The number of hydrogen-bond donors (Lipinski definition) is 0. The van der Waals surface area contributed by atoms with Gasteiger partial charge in [-0.3, -0.25) is 0 Å². The number of aryl methyl sites for hydroxylation is 1. The molecule has 43 heavy (non-hydrogen) atoms. The standard InChI is InChI=1S/C39H37BO3/c1-25(2)39(6)38(4,5)42-40(43-39)37-26(3)12-22-35-36(37)33-24-32(21-23-34(33)41-35)31-19-17-30(18-20-31)29-15-13-28(14-16-29)27-10-8-7-9-11-27/h7-25H,1-6H3. The molecule has 0 aliphatic carbocycles. The monoisotopic (exact) mass is 564 g/mol. The molecule has 0 saturated carbocycles. The molecule has 1 aliphatic heterocycles. The van der Waals surface area contributed by atoms with Crippen molar-refractivity contribution in [2.75, 3.05) is 0 Å². The van der Waals surface area contributed by atoms with E-state index in [0.717, 1.165) is 44.1 Å². The van der Waals surface area contributed by atoms with E-state index in [0.29, 0.717) is 5.92 Å². The summed E-state index contributed by atoms with van der Waals surface area (Å²) in [5, 5.41) is 2.15. The molecular weight excluding hydrogens is 527 g/mol. The Bertz CT molecular complexity index is 1940. The molecule has 1 unspecified atom stereocenters. The molecule has 214 valence electrons. The fourth-order valence-corrected chi connectivity index (χ4v) is 6.55. The topological polar surface area (TPSA) is 31.6 Å². The highest BCUT2D eigenvalue weighted by Gasteiger charge is 2.56. The summed E-state index contributed by atoms with van der Waals surface area (Å²) in [5.41, 5.74) is 10.2. The molecule has 3 nitrogen and oxygen atoms in total. The van der Waals surface area contributed by atoms with E-state index in [2.05, 4.69) is 145 Å². The van der Waals surface area contributed by atoms with Gasteiger partial charge in [0.05, 0.1) is 11.2 Å². The molecule has 0 bridgehead atoms. The van der Waals surface area contributed by atoms with Gasteiger partial charge in [-0.15, -0.1) is 0 Å². The summed E-state index contributed by atoms with van der Waals surface area (Å²) in [6.45, 7) is 13.0. The number of benzene rings is 5. The second-order valence-electron chi connectivity index (χ2n) is 12.8. The summed E-state index contributed by atoms with van der Waals surface area (Å²) in [5.74, 6) is 0.296. The van der Waals surface area contributed by atoms with Crippen molar-refractivity contribution in [1.29, 1.82) is 0 Å². The molecule has 1 aliphatic rings. The fraction of sp³-hybridized carbons (Fsp3) is 0.231. The van der Waals surface area contributed by atoms with E-state index >= 15 is 0 Å². The summed E-state index contributed by atoms with van der Waals surface area (Å²) in [4.78, 5) is 0. The first-order valence-electron chi connectivity index (χ1n) is 15.2. The van der Waals surface area contributed by atoms with Gasteiger partial charge >= 0.3 is 7.12 Å². The van der Waals surface area contributed by atoms with Crippen molar-refractivity contribution in [1.82, 2.24) is 0 Å². The van der Waals surface area contributed by atoms with Crippen LogP contribution in [0.3, 0.4) is 0 Å². The maximum absolute atomic E-state index is 6.76. The predicted octanol–water partition coefficient (Wildman–Crippen LogP) is 9.83. The first-order valence-corrected chi connectivity index (χ1v) is 15.2. The highest BCUT2D eigenvalue weighted by atomic mass is 16.7. The maximum Gasteiger partial charge on any atom is 0.495 e. The van der Waals surface area contributed by atoms with Crippen LogP contribution in [-0.4, -0.2) is 18.3 Å². The molecule has 5 aromatic carbocycles. The van der Waals surface area contributed by atoms with E-state index in [4.69, 9.17) is 13.7 Å². The molecule has 0 amide bonds. The zero-order valence-corrected chi connectivity index (χ0v) is 25.8. The van der Waals surface area contributed by atoms with Gasteiger partial charge in [-0.25, -0.2) is 0 Å². The smallest absolute Gasteiger partial charge is 0.456 e. The zero-order valence-electron chi connectivity index (χ0n) is 25.8. The lowest BCUT2D eigenvalue weighted by atomic mass is 9.73. The number of hydrogen-bond acceptors (Lipinski definition) is 3. The average Bonchev–Trinajstić information content (AvgIpc) is 3.51. The number of furan rings is 1. The van der Waals surface area contributed by atoms with Crippen LogP contribution in [0, 0.1) is 12.8 Å². The molecule has 1 saturated heterocycles. The molecular formula is C39H37BO3. The highest BCUT2D eigenvalue weighted by Crippen LogP contribution is 2.43. The molecule has 1 atom stereocenters. The van der Waals surface area contributed by atoms with Gasteiger partial charge in [-0.1, -0.05) is 110 Å². The number of fused-ring (bicyclic) bond motifs is 3. The highest BCUT2D eigenvalue weighted by molar-refractivity contribution is 6.66. The lowest BCUT2D eigenvalue weighted by Crippen LogP contribution is -2.48. The molecule has 2 heterocycles. The normalized spacial score (nSPS) is 18.3. The van der Waals surface area contributed by atoms with E-state index in [1.807, 2.05) is 6.07 Å². The fourth-order valence-electron chi connectivity index (χ4n) is 6.55. The Balaban J connectivity index is 1.24. The first kappa shape index (κ1) is 27.7. The van der Waals surface area contributed by atoms with Crippen LogP contribution < -0.4 is 5.46 Å². The summed E-state index contributed by atoms with van der Waals surface area (Å²) in [6.07, 6.45) is 0. The van der Waals surface area contributed by atoms with E-state index in [-0.39, 0.29) is 0 Å². The van der Waals surface area contributed by atoms with Crippen LogP contribution >= 0.6 is 0 Å². The van der Waals surface area contributed by atoms with Crippen molar-refractivity contribution in [2.24, 2.45) is 5.92 Å². The Morgan fingerprint density at radius 2 is 1.09 bits per heavy atom. The van der Waals surface area contributed by atoms with Crippen molar-refractivity contribution in [3.8, 4) is 33.4 Å². The number of rotatable bonds is 5. The summed E-state index contributed by atoms with van der Waals surface area (Å²) < 4.78 is 19.8. The van der Waals surface area contributed by atoms with Crippen molar-refractivity contribution in [2.45, 2.75) is 52.7 Å². The third-order valence-corrected chi connectivity index (χ3v) is 9.72. The van der Waals surface area contributed by atoms with Crippen molar-refractivity contribution >= 4 is 34.5 Å². The summed E-state index contributed by atoms with van der Waals surface area (Å²) >= 11 is 0. The van der Waals surface area contributed by atoms with Crippen LogP contribution in [0.2, 0.25) is 0 Å². The van der Waals surface area contributed by atoms with Gasteiger partial charge in [-0.2, -0.15) is 0 Å². The average molecular weight is 565 g/mol. The Kier molecular flexibility index (Phi) is 6.61. The Hall–Kier alpha value is -4.12. The van der Waals surface area contributed by atoms with Crippen LogP contribution in [0.15, 0.2) is 114 Å². The Labute approximate surface area is 254 Å². The van der Waals surface area contributed by atoms with Gasteiger partial charge in [0.2, 0.25) is 0 Å². The molecule has 6 aromatic rings. The third-order valence-electron chi connectivity index (χ3n) is 9.72. The molecule has 7 rings (SSSR count). The van der Waals surface area contributed by atoms with E-state index < -0.39 is 18.3 Å². The molecule has 4 heteroatoms. The zero-order chi connectivity index (χ0) is 29.9. The summed E-state index contributed by atoms with van der Waals surface area (Å²) in [7, 11) is -0.469. The SMILES string of the molecule is Cc1ccc2oc3ccc(-c4ccc(-c5ccc(-c6ccccc6)cc5)cc4)cc3c2c1B1OC(C)(C)C(C)(C(C)C)O1. The largest absolute Gasteiger partial charge is 0.495 e. The van der Waals surface area contributed by atoms with Crippen molar-refractivity contribution in [3.05, 3.63) is 115 Å². The Morgan fingerprint density at radius 1 is 0.581 bits per heavy atom. The van der Waals surface area contributed by atoms with Gasteiger partial charge in [0.1, 0.15) is 11.2 Å². The van der Waals surface area contributed by atoms with Crippen LogP contribution in [0.4, 0.5) is 0 Å². The van der Waals surface area contributed by atoms with Crippen LogP contribution in [0.25, 0.3) is 55.3 Å². The molecule has 1 fully saturated rings. The maximum atomic E-state index is 6.76. The lowest BCUT2D eigenvalue weighted by Gasteiger charge is -2.39. The van der Waals surface area contributed by atoms with Crippen molar-refractivity contribution in [3.63, 3.8) is 0 Å². The quantitative estimate of drug-likeness (QED) is 0.195. The van der Waals surface area contributed by atoms with E-state index in [1.54, 1.807) is 0 Å². The second-order valence-corrected chi connectivity index (χ2v) is 12.8. The summed E-state index contributed by atoms with van der Waals surface area (Å²) in [6, 6.07) is 38.7. The van der Waals surface area contributed by atoms with Gasteiger partial charge < -0.3 is 13.7 Å². The molecule has 0 N–H and O–H groups in total. The minimum atomic E-state index is -0.469. The third kappa shape index (κ3) is 4.61. The minimum Gasteiger partial charge on any atom is -0.456 e. The van der Waals surface area contributed by atoms with Crippen LogP contribution in [0.5, 0.6) is 0 Å². The first-order chi connectivity index (χ1) is 20.6. The van der Waals surface area contributed by atoms with Gasteiger partial charge in [-0.05, 0) is 90.7 Å². The Morgan fingerprint density at radius 3 is 1.65 bits per heavy atom. The second kappa shape index (κ2) is 10.3. The van der Waals surface area contributed by atoms with Crippen LogP contribution in [-0.2, 0) is 9.31 Å². The molecule has 0 radical (unpaired) electrons.